The van der Waals surface area contributed by atoms with Gasteiger partial charge in [0, 0.05) is 39.2 Å². The Morgan fingerprint density at radius 2 is 1.07 bits per heavy atom. The Balaban J connectivity index is 0.948. The van der Waals surface area contributed by atoms with Gasteiger partial charge in [0.25, 0.3) is 0 Å². The van der Waals surface area contributed by atoms with Gasteiger partial charge in [-0.25, -0.2) is 9.97 Å². The number of aromatic nitrogens is 3. The van der Waals surface area contributed by atoms with Crippen LogP contribution in [0.5, 0.6) is 0 Å². The van der Waals surface area contributed by atoms with Crippen LogP contribution in [0, 0.1) is 11.3 Å². The van der Waals surface area contributed by atoms with E-state index < -0.39 is 0 Å². The van der Waals surface area contributed by atoms with Crippen LogP contribution in [0.15, 0.2) is 193 Å². The molecule has 59 heavy (non-hydrogen) atoms. The minimum absolute atomic E-state index is 0.617. The van der Waals surface area contributed by atoms with Gasteiger partial charge in [-0.05, 0) is 92.7 Å². The van der Waals surface area contributed by atoms with E-state index in [0.717, 1.165) is 94.3 Å². The van der Waals surface area contributed by atoms with Gasteiger partial charge in [-0.1, -0.05) is 151 Å². The normalized spacial score (nSPS) is 11.6. The number of fused-ring (bicyclic) bond motifs is 5. The standard InChI is InChI=1S/C55H32N4/c56-35-36-32-41(37-26-28-43(29-27-37)59-52-20-10-7-16-48(52)49-17-8-11-21-53(49)59)34-42(33-36)45-31-30-44(46-14-4-5-15-47(45)46)38-22-24-40(25-23-38)55-57-51-19-9-6-18-50(51)54(58-55)39-12-2-1-3-13-39/h1-7,9-10,12-34H. The number of para-hydroxylation sites is 2. The fourth-order valence-corrected chi connectivity index (χ4v) is 8.52. The lowest BCUT2D eigenvalue weighted by Gasteiger charge is -2.15. The highest BCUT2D eigenvalue weighted by Crippen LogP contribution is 2.39. The van der Waals surface area contributed by atoms with E-state index in [0.29, 0.717) is 11.4 Å². The number of rotatable bonds is 6. The molecule has 10 aromatic rings. The summed E-state index contributed by atoms with van der Waals surface area (Å²) in [5, 5.41) is 14.7. The predicted molar refractivity (Wildman–Crippen MR) is 242 cm³/mol. The average molecular weight is 749 g/mol. The fraction of sp³-hybridized carbons (Fsp3) is 0. The monoisotopic (exact) mass is 748 g/mol. The topological polar surface area (TPSA) is 54.5 Å². The van der Waals surface area contributed by atoms with E-state index in [-0.39, 0.29) is 0 Å². The lowest BCUT2D eigenvalue weighted by molar-refractivity contribution is 1.11. The molecule has 0 saturated heterocycles. The highest BCUT2D eigenvalue weighted by atomic mass is 15.0. The molecule has 0 bridgehead atoms. The molecule has 272 valence electrons. The molecule has 2 heterocycles. The summed E-state index contributed by atoms with van der Waals surface area (Å²) < 4.78 is 2.27. The van der Waals surface area contributed by atoms with Crippen LogP contribution in [0.4, 0.5) is 0 Å². The largest absolute Gasteiger partial charge is 0.309 e. The molecule has 0 N–H and O–H groups in total. The molecular weight excluding hydrogens is 717 g/mol. The molecule has 0 saturated carbocycles. The molecule has 1 aliphatic rings. The highest BCUT2D eigenvalue weighted by Gasteiger charge is 2.17. The van der Waals surface area contributed by atoms with Crippen LogP contribution in [-0.2, 0) is 0 Å². The number of hydrogen-bond acceptors (Lipinski definition) is 3. The molecule has 11 rings (SSSR count). The lowest BCUT2D eigenvalue weighted by Crippen LogP contribution is -1.97. The summed E-state index contributed by atoms with van der Waals surface area (Å²) in [6, 6.07) is 65.6. The molecule has 0 aliphatic heterocycles. The average Bonchev–Trinajstić information content (AvgIpc) is 3.65. The molecule has 1 aliphatic carbocycles. The summed E-state index contributed by atoms with van der Waals surface area (Å²) >= 11 is 0. The van der Waals surface area contributed by atoms with Crippen molar-refractivity contribution in [3.05, 3.63) is 210 Å². The second-order valence-electron chi connectivity index (χ2n) is 14.7. The number of nitrogens with zero attached hydrogens (tertiary/aromatic N) is 4. The maximum Gasteiger partial charge on any atom is 0.160 e. The van der Waals surface area contributed by atoms with E-state index in [1.165, 1.54) is 5.39 Å². The Morgan fingerprint density at radius 1 is 0.458 bits per heavy atom. The summed E-state index contributed by atoms with van der Waals surface area (Å²) in [5.74, 6) is 0.696. The zero-order chi connectivity index (χ0) is 39.3. The molecule has 8 aromatic carbocycles. The Morgan fingerprint density at radius 3 is 1.83 bits per heavy atom. The molecule has 0 amide bonds. The summed E-state index contributed by atoms with van der Waals surface area (Å²) in [6.45, 7) is 0. The van der Waals surface area contributed by atoms with E-state index in [1.54, 1.807) is 0 Å². The molecular formula is C55H32N4. The third-order valence-corrected chi connectivity index (χ3v) is 11.3. The van der Waals surface area contributed by atoms with Gasteiger partial charge in [-0.2, -0.15) is 5.26 Å². The first-order valence-electron chi connectivity index (χ1n) is 19.6. The quantitative estimate of drug-likeness (QED) is 0.159. The van der Waals surface area contributed by atoms with Crippen LogP contribution in [0.1, 0.15) is 16.8 Å². The van der Waals surface area contributed by atoms with Crippen LogP contribution in [0.3, 0.4) is 0 Å². The zero-order valence-electron chi connectivity index (χ0n) is 31.8. The Bertz CT molecular complexity index is 3440. The van der Waals surface area contributed by atoms with Crippen molar-refractivity contribution < 1.29 is 0 Å². The van der Waals surface area contributed by atoms with Crippen molar-refractivity contribution in [2.24, 2.45) is 0 Å². The van der Waals surface area contributed by atoms with Crippen LogP contribution in [0.25, 0.3) is 106 Å². The third kappa shape index (κ3) is 5.88. The maximum atomic E-state index is 10.2. The minimum atomic E-state index is 0.617. The number of benzene rings is 8. The smallest absolute Gasteiger partial charge is 0.160 e. The van der Waals surface area contributed by atoms with E-state index in [9.17, 15) is 5.26 Å². The first kappa shape index (κ1) is 34.0. The van der Waals surface area contributed by atoms with Gasteiger partial charge in [0.1, 0.15) is 0 Å². The molecule has 4 heteroatoms. The van der Waals surface area contributed by atoms with Gasteiger partial charge < -0.3 is 4.57 Å². The van der Waals surface area contributed by atoms with Crippen molar-refractivity contribution >= 4 is 44.7 Å². The Labute approximate surface area is 341 Å². The van der Waals surface area contributed by atoms with Gasteiger partial charge >= 0.3 is 0 Å². The third-order valence-electron chi connectivity index (χ3n) is 11.3. The van der Waals surface area contributed by atoms with Gasteiger partial charge in [0.05, 0.1) is 34.1 Å². The number of nitriles is 1. The number of hydrogen-bond donors (Lipinski definition) is 0. The zero-order valence-corrected chi connectivity index (χ0v) is 31.8. The van der Waals surface area contributed by atoms with Gasteiger partial charge in [0.2, 0.25) is 0 Å². The minimum Gasteiger partial charge on any atom is -0.309 e. The summed E-state index contributed by atoms with van der Waals surface area (Å²) in [7, 11) is 0. The first-order valence-corrected chi connectivity index (χ1v) is 19.6. The first-order chi connectivity index (χ1) is 29.2. The van der Waals surface area contributed by atoms with Crippen LogP contribution in [0.2, 0.25) is 0 Å². The van der Waals surface area contributed by atoms with Gasteiger partial charge in [-0.3, -0.25) is 0 Å². The van der Waals surface area contributed by atoms with Gasteiger partial charge in [0.15, 0.2) is 5.82 Å². The van der Waals surface area contributed by atoms with Crippen LogP contribution >= 0.6 is 0 Å². The van der Waals surface area contributed by atoms with E-state index >= 15 is 0 Å². The summed E-state index contributed by atoms with van der Waals surface area (Å²) in [5.41, 5.74) is 21.5. The maximum absolute atomic E-state index is 10.2. The van der Waals surface area contributed by atoms with Crippen molar-refractivity contribution in [2.45, 2.75) is 0 Å². The van der Waals surface area contributed by atoms with E-state index in [1.807, 2.05) is 60.7 Å². The lowest BCUT2D eigenvalue weighted by atomic mass is 9.90. The molecule has 0 spiro atoms. The molecule has 4 nitrogen and oxygen atoms in total. The van der Waals surface area contributed by atoms with Crippen molar-refractivity contribution in [1.82, 2.24) is 14.5 Å². The summed E-state index contributed by atoms with van der Waals surface area (Å²) in [4.78, 5) is 10.1. The molecule has 0 radical (unpaired) electrons. The van der Waals surface area contributed by atoms with Crippen molar-refractivity contribution in [3.8, 4) is 67.8 Å². The van der Waals surface area contributed by atoms with Crippen molar-refractivity contribution in [2.75, 3.05) is 0 Å². The van der Waals surface area contributed by atoms with Crippen LogP contribution in [-0.4, -0.2) is 14.5 Å². The van der Waals surface area contributed by atoms with E-state index in [4.69, 9.17) is 9.97 Å². The van der Waals surface area contributed by atoms with Gasteiger partial charge in [-0.15, -0.1) is 0 Å². The SMILES string of the molecule is N#Cc1cc(-c2ccc(-n3c4c(c5ccccc53)C=C=C=C4)cc2)cc(-c2ccc(-c3ccc(-c4nc(-c5ccccc5)c5ccccc5n4)cc3)c3ccccc23)c1. The Kier molecular flexibility index (Phi) is 8.07. The second-order valence-corrected chi connectivity index (χ2v) is 14.7. The van der Waals surface area contributed by atoms with Crippen molar-refractivity contribution in [1.29, 1.82) is 5.26 Å². The fourth-order valence-electron chi connectivity index (χ4n) is 8.52. The molecule has 0 fully saturated rings. The summed E-state index contributed by atoms with van der Waals surface area (Å²) in [6.07, 6.45) is 4.01. The van der Waals surface area contributed by atoms with Crippen LogP contribution < -0.4 is 0 Å². The highest BCUT2D eigenvalue weighted by molar-refractivity contribution is 6.05. The molecule has 0 unspecified atom stereocenters. The second kappa shape index (κ2) is 14.0. The molecule has 2 aromatic heterocycles. The predicted octanol–water partition coefficient (Wildman–Crippen LogP) is 13.7. The van der Waals surface area contributed by atoms with E-state index in [2.05, 4.69) is 156 Å². The molecule has 0 atom stereocenters. The van der Waals surface area contributed by atoms with Crippen molar-refractivity contribution in [3.63, 3.8) is 0 Å². The Hall–Kier alpha value is -8.31.